The predicted molar refractivity (Wildman–Crippen MR) is 158 cm³/mol. The molecule has 0 spiro atoms. The first-order chi connectivity index (χ1) is 19.8. The van der Waals surface area contributed by atoms with E-state index in [-0.39, 0.29) is 24.7 Å². The van der Waals surface area contributed by atoms with Crippen LogP contribution in [0.2, 0.25) is 0 Å². The van der Waals surface area contributed by atoms with Gasteiger partial charge in [0, 0.05) is 30.4 Å². The Hall–Kier alpha value is -3.95. The maximum atomic E-state index is 13.1. The molecule has 2 aliphatic rings. The monoisotopic (exact) mass is 552 g/mol. The molecule has 1 aliphatic heterocycles. The molecule has 9 nitrogen and oxygen atoms in total. The number of hydrogen-bond donors (Lipinski definition) is 2. The summed E-state index contributed by atoms with van der Waals surface area (Å²) >= 11 is 0. The molecule has 4 aromatic heterocycles. The highest BCUT2D eigenvalue weighted by Gasteiger charge is 2.24. The number of aromatic nitrogens is 4. The van der Waals surface area contributed by atoms with Crippen molar-refractivity contribution in [2.45, 2.75) is 71.3 Å². The number of hydrogen-bond acceptors (Lipinski definition) is 8. The Bertz CT molecular complexity index is 1580. The van der Waals surface area contributed by atoms with Crippen LogP contribution in [0.5, 0.6) is 0 Å². The number of anilines is 1. The van der Waals surface area contributed by atoms with E-state index in [1.54, 1.807) is 19.2 Å². The zero-order valence-corrected chi connectivity index (χ0v) is 23.8. The molecule has 1 amide bonds. The van der Waals surface area contributed by atoms with Crippen LogP contribution in [0.1, 0.15) is 72.7 Å². The first-order valence-corrected chi connectivity index (χ1v) is 14.5. The maximum Gasteiger partial charge on any atom is 0.270 e. The second-order valence-electron chi connectivity index (χ2n) is 11.2. The van der Waals surface area contributed by atoms with Crippen LogP contribution in [0.4, 0.5) is 5.82 Å². The summed E-state index contributed by atoms with van der Waals surface area (Å²) < 4.78 is 5.88. The van der Waals surface area contributed by atoms with E-state index in [9.17, 15) is 9.90 Å². The summed E-state index contributed by atoms with van der Waals surface area (Å²) in [6, 6.07) is 13.6. The van der Waals surface area contributed by atoms with E-state index < -0.39 is 6.10 Å². The predicted octanol–water partition coefficient (Wildman–Crippen LogP) is 4.56. The molecule has 1 unspecified atom stereocenters. The lowest BCUT2D eigenvalue weighted by atomic mass is 9.90. The summed E-state index contributed by atoms with van der Waals surface area (Å²) in [6.45, 7) is 7.75. The lowest BCUT2D eigenvalue weighted by Gasteiger charge is -2.36. The number of amides is 1. The Labute approximate surface area is 240 Å². The van der Waals surface area contributed by atoms with Gasteiger partial charge in [0.25, 0.3) is 5.91 Å². The molecule has 4 aromatic rings. The van der Waals surface area contributed by atoms with Gasteiger partial charge in [-0.05, 0) is 94.0 Å². The van der Waals surface area contributed by atoms with Crippen molar-refractivity contribution in [1.29, 1.82) is 0 Å². The average molecular weight is 553 g/mol. The Kier molecular flexibility index (Phi) is 7.64. The van der Waals surface area contributed by atoms with Crippen LogP contribution in [-0.4, -0.2) is 56.2 Å². The normalized spacial score (nSPS) is 19.6. The number of nitrogens with zero attached hydrogens (tertiary/aromatic N) is 5. The van der Waals surface area contributed by atoms with E-state index in [1.807, 2.05) is 36.4 Å². The molecule has 1 saturated heterocycles. The molecule has 41 heavy (non-hydrogen) atoms. The quantitative estimate of drug-likeness (QED) is 0.358. The summed E-state index contributed by atoms with van der Waals surface area (Å²) in [5.41, 5.74) is 6.21. The number of morpholine rings is 1. The lowest BCUT2D eigenvalue weighted by Crippen LogP contribution is -2.45. The van der Waals surface area contributed by atoms with Crippen molar-refractivity contribution in [1.82, 2.24) is 25.3 Å². The molecule has 9 heteroatoms. The third-order valence-electron chi connectivity index (χ3n) is 7.82. The Balaban J connectivity index is 1.20. The fourth-order valence-electron chi connectivity index (χ4n) is 5.89. The minimum atomic E-state index is -0.644. The Morgan fingerprint density at radius 2 is 1.83 bits per heavy atom. The van der Waals surface area contributed by atoms with Crippen LogP contribution in [0.15, 0.2) is 48.7 Å². The molecule has 1 fully saturated rings. The van der Waals surface area contributed by atoms with Crippen molar-refractivity contribution in [3.8, 4) is 11.4 Å². The number of pyridine rings is 4. The highest BCUT2D eigenvalue weighted by Crippen LogP contribution is 2.28. The molecule has 5 heterocycles. The second kappa shape index (κ2) is 11.5. The van der Waals surface area contributed by atoms with Gasteiger partial charge in [-0.3, -0.25) is 9.78 Å². The topological polar surface area (TPSA) is 113 Å². The van der Waals surface area contributed by atoms with Gasteiger partial charge in [-0.1, -0.05) is 6.07 Å². The fraction of sp³-hybridized carbons (Fsp3) is 0.406. The third kappa shape index (κ3) is 5.92. The van der Waals surface area contributed by atoms with Gasteiger partial charge in [0.15, 0.2) is 0 Å². The van der Waals surface area contributed by atoms with Gasteiger partial charge in [0.2, 0.25) is 0 Å². The van der Waals surface area contributed by atoms with E-state index in [0.717, 1.165) is 83.7 Å². The van der Waals surface area contributed by atoms with Crippen molar-refractivity contribution in [3.05, 3.63) is 76.9 Å². The lowest BCUT2D eigenvalue weighted by molar-refractivity contribution is -0.00545. The van der Waals surface area contributed by atoms with Gasteiger partial charge < -0.3 is 20.1 Å². The van der Waals surface area contributed by atoms with E-state index in [4.69, 9.17) is 14.7 Å². The SMILES string of the molecule is CC(O)c1cc(C(=O)NCc2cc3nc(-c4cccc(N5C[C@@H](C)O[C@@H](C)C5)n4)ccc3cn2)nc2c1CCCC2. The number of carbonyl (C=O) groups is 1. The number of aryl methyl sites for hydroxylation is 1. The first-order valence-electron chi connectivity index (χ1n) is 14.5. The number of rotatable bonds is 6. The highest BCUT2D eigenvalue weighted by atomic mass is 16.5. The number of carbonyl (C=O) groups excluding carboxylic acids is 1. The van der Waals surface area contributed by atoms with Gasteiger partial charge in [0.1, 0.15) is 11.5 Å². The summed E-state index contributed by atoms with van der Waals surface area (Å²) in [6.07, 6.45) is 5.29. The average Bonchev–Trinajstić information content (AvgIpc) is 2.98. The minimum Gasteiger partial charge on any atom is -0.389 e. The molecule has 0 bridgehead atoms. The molecule has 1 aliphatic carbocycles. The molecule has 0 saturated carbocycles. The van der Waals surface area contributed by atoms with Gasteiger partial charge in [-0.15, -0.1) is 0 Å². The van der Waals surface area contributed by atoms with E-state index in [0.29, 0.717) is 11.4 Å². The van der Waals surface area contributed by atoms with Gasteiger partial charge >= 0.3 is 0 Å². The minimum absolute atomic E-state index is 0.151. The number of aliphatic hydroxyl groups excluding tert-OH is 1. The smallest absolute Gasteiger partial charge is 0.270 e. The second-order valence-corrected chi connectivity index (χ2v) is 11.2. The molecular weight excluding hydrogens is 516 g/mol. The fourth-order valence-corrected chi connectivity index (χ4v) is 5.89. The van der Waals surface area contributed by atoms with Crippen LogP contribution in [0, 0.1) is 0 Å². The van der Waals surface area contributed by atoms with Crippen molar-refractivity contribution < 1.29 is 14.6 Å². The van der Waals surface area contributed by atoms with Crippen LogP contribution >= 0.6 is 0 Å². The third-order valence-corrected chi connectivity index (χ3v) is 7.82. The first kappa shape index (κ1) is 27.2. The maximum absolute atomic E-state index is 13.1. The summed E-state index contributed by atoms with van der Waals surface area (Å²) in [4.78, 5) is 34.3. The van der Waals surface area contributed by atoms with E-state index >= 15 is 0 Å². The standard InChI is InChI=1S/C32H36N6O3/c1-19-17-38(18-20(2)41-19)31-10-6-9-27(37-31)28-12-11-22-15-33-23(13-29(22)36-28)16-34-32(40)30-14-25(21(3)39)24-7-4-5-8-26(24)35-30/h6,9-15,19-21,39H,4-5,7-8,16-18H2,1-3H3,(H,34,40)/t19-,20+,21?. The van der Waals surface area contributed by atoms with Gasteiger partial charge in [-0.25, -0.2) is 15.0 Å². The van der Waals surface area contributed by atoms with Crippen LogP contribution in [0.25, 0.3) is 22.3 Å². The molecular formula is C32H36N6O3. The Morgan fingerprint density at radius 3 is 2.63 bits per heavy atom. The highest BCUT2D eigenvalue weighted by molar-refractivity contribution is 5.92. The van der Waals surface area contributed by atoms with Crippen molar-refractivity contribution in [2.75, 3.05) is 18.0 Å². The Morgan fingerprint density at radius 1 is 1.05 bits per heavy atom. The summed E-state index contributed by atoms with van der Waals surface area (Å²) in [5, 5.41) is 14.2. The molecule has 0 aromatic carbocycles. The van der Waals surface area contributed by atoms with Crippen molar-refractivity contribution in [3.63, 3.8) is 0 Å². The largest absolute Gasteiger partial charge is 0.389 e. The number of aliphatic hydroxyl groups is 1. The van der Waals surface area contributed by atoms with Crippen molar-refractivity contribution in [2.24, 2.45) is 0 Å². The zero-order valence-electron chi connectivity index (χ0n) is 23.8. The molecule has 3 atom stereocenters. The summed E-state index contributed by atoms with van der Waals surface area (Å²) in [7, 11) is 0. The number of nitrogens with one attached hydrogen (secondary N) is 1. The van der Waals surface area contributed by atoms with Crippen LogP contribution in [-0.2, 0) is 24.1 Å². The number of fused-ring (bicyclic) bond motifs is 2. The zero-order chi connectivity index (χ0) is 28.5. The van der Waals surface area contributed by atoms with Gasteiger partial charge in [-0.2, -0.15) is 0 Å². The van der Waals surface area contributed by atoms with Crippen LogP contribution < -0.4 is 10.2 Å². The van der Waals surface area contributed by atoms with E-state index in [2.05, 4.69) is 34.0 Å². The van der Waals surface area contributed by atoms with Crippen molar-refractivity contribution >= 4 is 22.6 Å². The van der Waals surface area contributed by atoms with Crippen LogP contribution in [0.3, 0.4) is 0 Å². The molecule has 0 radical (unpaired) electrons. The van der Waals surface area contributed by atoms with Gasteiger partial charge in [0.05, 0.1) is 47.5 Å². The van der Waals surface area contributed by atoms with E-state index in [1.165, 1.54) is 0 Å². The summed E-state index contributed by atoms with van der Waals surface area (Å²) in [5.74, 6) is 0.635. The molecule has 6 rings (SSSR count). The number of ether oxygens (including phenoxy) is 1. The molecule has 2 N–H and O–H groups in total. The molecule has 212 valence electrons.